The fourth-order valence-corrected chi connectivity index (χ4v) is 3.10. The maximum atomic E-state index is 6.25. The van der Waals surface area contributed by atoms with Crippen LogP contribution in [-0.2, 0) is 12.1 Å². The monoisotopic (exact) mass is 388 g/mol. The Morgan fingerprint density at radius 1 is 1.07 bits per heavy atom. The van der Waals surface area contributed by atoms with Gasteiger partial charge in [0.15, 0.2) is 12.2 Å². The highest BCUT2D eigenvalue weighted by Gasteiger charge is 2.16. The van der Waals surface area contributed by atoms with Crippen LogP contribution in [0, 0.1) is 0 Å². The van der Waals surface area contributed by atoms with Crippen LogP contribution in [-0.4, -0.2) is 14.8 Å². The first-order chi connectivity index (χ1) is 13.9. The molecule has 0 aliphatic rings. The number of hydrogen-bond donors (Lipinski definition) is 1. The summed E-state index contributed by atoms with van der Waals surface area (Å²) in [6.45, 7) is 6.73. The number of aromatic nitrogens is 3. The molecule has 0 atom stereocenters. The number of oxazole rings is 1. The summed E-state index contributed by atoms with van der Waals surface area (Å²) in [7, 11) is 0. The predicted molar refractivity (Wildman–Crippen MR) is 113 cm³/mol. The summed E-state index contributed by atoms with van der Waals surface area (Å²) in [5.74, 6) is 2.14. The van der Waals surface area contributed by atoms with E-state index in [0.717, 1.165) is 33.9 Å². The Kier molecular flexibility index (Phi) is 4.94. The van der Waals surface area contributed by atoms with E-state index < -0.39 is 5.54 Å². The number of hydrogen-bond acceptors (Lipinski definition) is 5. The van der Waals surface area contributed by atoms with Crippen molar-refractivity contribution in [3.8, 4) is 34.2 Å². The number of benzene rings is 2. The molecule has 0 radical (unpaired) electrons. The molecule has 0 saturated heterocycles. The van der Waals surface area contributed by atoms with E-state index in [-0.39, 0.29) is 0 Å². The molecule has 6 heteroatoms. The Labute approximate surface area is 170 Å². The van der Waals surface area contributed by atoms with Crippen LogP contribution in [0.4, 0.5) is 0 Å². The lowest BCUT2D eigenvalue weighted by Crippen LogP contribution is -2.28. The van der Waals surface area contributed by atoms with E-state index >= 15 is 0 Å². The van der Waals surface area contributed by atoms with Crippen molar-refractivity contribution in [1.82, 2.24) is 14.8 Å². The summed E-state index contributed by atoms with van der Waals surface area (Å²) in [5, 5.41) is 4.70. The molecule has 0 aliphatic heterocycles. The topological polar surface area (TPSA) is 79.1 Å². The van der Waals surface area contributed by atoms with Crippen LogP contribution < -0.4 is 10.5 Å². The van der Waals surface area contributed by atoms with Gasteiger partial charge < -0.3 is 14.9 Å². The Hall–Kier alpha value is -3.38. The summed E-state index contributed by atoms with van der Waals surface area (Å²) in [6.07, 6.45) is 3.10. The van der Waals surface area contributed by atoms with Crippen molar-refractivity contribution in [3.05, 3.63) is 72.8 Å². The van der Waals surface area contributed by atoms with Gasteiger partial charge in [0.1, 0.15) is 5.75 Å². The van der Waals surface area contributed by atoms with Crippen molar-refractivity contribution in [2.24, 2.45) is 5.73 Å². The maximum Gasteiger partial charge on any atom is 0.218 e. The van der Waals surface area contributed by atoms with Gasteiger partial charge in [-0.3, -0.25) is 0 Å². The molecule has 0 aliphatic carbocycles. The number of nitrogens with zero attached hydrogens (tertiary/aromatic N) is 3. The summed E-state index contributed by atoms with van der Waals surface area (Å²) >= 11 is 0. The Balaban J connectivity index is 1.60. The fraction of sp³-hybridized carbons (Fsp3) is 0.217. The lowest BCUT2D eigenvalue weighted by atomic mass is 9.93. The Morgan fingerprint density at radius 2 is 1.86 bits per heavy atom. The third-order valence-corrected chi connectivity index (χ3v) is 4.74. The van der Waals surface area contributed by atoms with E-state index in [1.54, 1.807) is 6.20 Å². The third-order valence-electron chi connectivity index (χ3n) is 4.74. The SMILES string of the molecule is CCn1nc(-c2cccc(C(C)(C)N)c2)cc1Oc1ccc(-c2cnco2)cc1. The van der Waals surface area contributed by atoms with Crippen molar-refractivity contribution < 1.29 is 9.15 Å². The van der Waals surface area contributed by atoms with Crippen molar-refractivity contribution in [1.29, 1.82) is 0 Å². The van der Waals surface area contributed by atoms with Crippen LogP contribution in [0.15, 0.2) is 71.6 Å². The second kappa shape index (κ2) is 7.56. The molecular formula is C23H24N4O2. The van der Waals surface area contributed by atoms with Gasteiger partial charge in [0.2, 0.25) is 5.88 Å². The van der Waals surface area contributed by atoms with Crippen LogP contribution in [0.25, 0.3) is 22.6 Å². The summed E-state index contributed by atoms with van der Waals surface area (Å²) in [4.78, 5) is 3.95. The van der Waals surface area contributed by atoms with Gasteiger partial charge in [0, 0.05) is 29.3 Å². The van der Waals surface area contributed by atoms with E-state index in [2.05, 4.69) is 11.1 Å². The van der Waals surface area contributed by atoms with Gasteiger partial charge in [-0.2, -0.15) is 5.10 Å². The maximum absolute atomic E-state index is 6.25. The van der Waals surface area contributed by atoms with Crippen LogP contribution >= 0.6 is 0 Å². The number of rotatable bonds is 6. The highest BCUT2D eigenvalue weighted by molar-refractivity contribution is 5.62. The average molecular weight is 388 g/mol. The number of ether oxygens (including phenoxy) is 1. The van der Waals surface area contributed by atoms with Gasteiger partial charge in [-0.05, 0) is 56.7 Å². The molecule has 29 heavy (non-hydrogen) atoms. The normalized spacial score (nSPS) is 11.6. The molecule has 0 fully saturated rings. The molecule has 4 aromatic rings. The standard InChI is InChI=1S/C23H24N4O2/c1-4-27-22(29-19-10-8-16(9-11-19)21-14-25-15-28-21)13-20(26-27)17-6-5-7-18(12-17)23(2,3)24/h5-15H,4,24H2,1-3H3. The molecule has 0 spiro atoms. The van der Waals surface area contributed by atoms with Crippen molar-refractivity contribution >= 4 is 0 Å². The fourth-order valence-electron chi connectivity index (χ4n) is 3.10. The summed E-state index contributed by atoms with van der Waals surface area (Å²) < 4.78 is 13.3. The Morgan fingerprint density at radius 3 is 2.52 bits per heavy atom. The smallest absolute Gasteiger partial charge is 0.218 e. The van der Waals surface area contributed by atoms with E-state index in [9.17, 15) is 0 Å². The molecular weight excluding hydrogens is 364 g/mol. The van der Waals surface area contributed by atoms with Crippen LogP contribution in [0.1, 0.15) is 26.3 Å². The third kappa shape index (κ3) is 4.07. The molecule has 2 aromatic heterocycles. The second-order valence-corrected chi connectivity index (χ2v) is 7.48. The molecule has 0 unspecified atom stereocenters. The summed E-state index contributed by atoms with van der Waals surface area (Å²) in [5.41, 5.74) is 9.72. The molecule has 148 valence electrons. The van der Waals surface area contributed by atoms with E-state index in [1.165, 1.54) is 6.39 Å². The zero-order chi connectivity index (χ0) is 20.4. The highest BCUT2D eigenvalue weighted by atomic mass is 16.5. The molecule has 0 bridgehead atoms. The predicted octanol–water partition coefficient (Wildman–Crippen LogP) is 5.21. The lowest BCUT2D eigenvalue weighted by molar-refractivity contribution is 0.417. The molecule has 0 saturated carbocycles. The van der Waals surface area contributed by atoms with Gasteiger partial charge >= 0.3 is 0 Å². The zero-order valence-corrected chi connectivity index (χ0v) is 16.8. The molecule has 6 nitrogen and oxygen atoms in total. The number of aryl methyl sites for hydroxylation is 1. The van der Waals surface area contributed by atoms with Crippen molar-refractivity contribution in [2.75, 3.05) is 0 Å². The molecule has 0 amide bonds. The minimum Gasteiger partial charge on any atom is -0.444 e. The average Bonchev–Trinajstić information content (AvgIpc) is 3.38. The first kappa shape index (κ1) is 19.0. The summed E-state index contributed by atoms with van der Waals surface area (Å²) in [6, 6.07) is 17.8. The van der Waals surface area contributed by atoms with Gasteiger partial charge in [-0.25, -0.2) is 9.67 Å². The van der Waals surface area contributed by atoms with Gasteiger partial charge in [0.05, 0.1) is 11.9 Å². The van der Waals surface area contributed by atoms with Crippen LogP contribution in [0.2, 0.25) is 0 Å². The van der Waals surface area contributed by atoms with Crippen LogP contribution in [0.3, 0.4) is 0 Å². The minimum absolute atomic E-state index is 0.409. The first-order valence-corrected chi connectivity index (χ1v) is 9.58. The van der Waals surface area contributed by atoms with E-state index in [4.69, 9.17) is 20.0 Å². The van der Waals surface area contributed by atoms with E-state index in [1.807, 2.05) is 74.0 Å². The van der Waals surface area contributed by atoms with Crippen LogP contribution in [0.5, 0.6) is 11.6 Å². The molecule has 4 rings (SSSR count). The Bertz CT molecular complexity index is 1090. The first-order valence-electron chi connectivity index (χ1n) is 9.58. The lowest BCUT2D eigenvalue weighted by Gasteiger charge is -2.19. The second-order valence-electron chi connectivity index (χ2n) is 7.48. The molecule has 2 heterocycles. The van der Waals surface area contributed by atoms with Gasteiger partial charge in [0.25, 0.3) is 0 Å². The quantitative estimate of drug-likeness (QED) is 0.490. The highest BCUT2D eigenvalue weighted by Crippen LogP contribution is 2.30. The zero-order valence-electron chi connectivity index (χ0n) is 16.8. The van der Waals surface area contributed by atoms with Gasteiger partial charge in [-0.1, -0.05) is 18.2 Å². The van der Waals surface area contributed by atoms with Crippen molar-refractivity contribution in [2.45, 2.75) is 32.9 Å². The molecule has 2 aromatic carbocycles. The number of nitrogens with two attached hydrogens (primary N) is 1. The van der Waals surface area contributed by atoms with Crippen molar-refractivity contribution in [3.63, 3.8) is 0 Å². The van der Waals surface area contributed by atoms with Gasteiger partial charge in [-0.15, -0.1) is 0 Å². The molecule has 2 N–H and O–H groups in total. The van der Waals surface area contributed by atoms with E-state index in [0.29, 0.717) is 12.4 Å². The minimum atomic E-state index is -0.409. The largest absolute Gasteiger partial charge is 0.444 e.